The van der Waals surface area contributed by atoms with Gasteiger partial charge in [-0.1, -0.05) is 12.1 Å². The molecule has 0 spiro atoms. The summed E-state index contributed by atoms with van der Waals surface area (Å²) in [5.74, 6) is 0.110. The number of halogens is 3. The van der Waals surface area contributed by atoms with Gasteiger partial charge < -0.3 is 9.88 Å². The zero-order chi connectivity index (χ0) is 19.0. The molecular formula is C19H17F3N4O. The van der Waals surface area contributed by atoms with Crippen molar-refractivity contribution in [3.63, 3.8) is 0 Å². The average Bonchev–Trinajstić information content (AvgIpc) is 3.16. The Hall–Kier alpha value is -2.90. The molecule has 27 heavy (non-hydrogen) atoms. The normalized spacial score (nSPS) is 18.0. The van der Waals surface area contributed by atoms with Crippen LogP contribution in [0, 0.1) is 5.92 Å². The summed E-state index contributed by atoms with van der Waals surface area (Å²) in [5.41, 5.74) is 0.0170. The predicted octanol–water partition coefficient (Wildman–Crippen LogP) is 4.08. The lowest BCUT2D eigenvalue weighted by atomic mass is 9.89. The minimum atomic E-state index is -4.46. The minimum absolute atomic E-state index is 0.103. The van der Waals surface area contributed by atoms with E-state index in [1.165, 1.54) is 18.5 Å². The maximum absolute atomic E-state index is 12.9. The van der Waals surface area contributed by atoms with Gasteiger partial charge in [0.15, 0.2) is 5.78 Å². The van der Waals surface area contributed by atoms with Gasteiger partial charge >= 0.3 is 6.18 Å². The maximum atomic E-state index is 12.9. The molecule has 2 aromatic heterocycles. The lowest BCUT2D eigenvalue weighted by Gasteiger charge is -2.33. The Morgan fingerprint density at radius 2 is 2.07 bits per heavy atom. The molecule has 1 N–H and O–H groups in total. The summed E-state index contributed by atoms with van der Waals surface area (Å²) in [4.78, 5) is 26.4. The van der Waals surface area contributed by atoms with Crippen molar-refractivity contribution in [3.05, 3.63) is 54.0 Å². The van der Waals surface area contributed by atoms with Crippen LogP contribution in [0.5, 0.6) is 0 Å². The average molecular weight is 374 g/mol. The van der Waals surface area contributed by atoms with E-state index in [0.717, 1.165) is 36.3 Å². The molecule has 1 atom stereocenters. The van der Waals surface area contributed by atoms with Gasteiger partial charge in [0.2, 0.25) is 0 Å². The summed E-state index contributed by atoms with van der Waals surface area (Å²) in [6.45, 7) is 1.16. The standard InChI is InChI=1S/C19H17F3N4O/c20-19(21,22)14-5-1-3-12(9-14)16(27)13-4-2-8-26(10-13)18-15-6-7-23-17(15)24-11-25-18/h1,3,5-7,9,11,13H,2,4,8,10H2,(H,23,24,25). The number of anilines is 1. The smallest absolute Gasteiger partial charge is 0.355 e. The lowest BCUT2D eigenvalue weighted by Crippen LogP contribution is -2.39. The Morgan fingerprint density at radius 1 is 1.22 bits per heavy atom. The predicted molar refractivity (Wildman–Crippen MR) is 94.6 cm³/mol. The van der Waals surface area contributed by atoms with Gasteiger partial charge in [0, 0.05) is 30.8 Å². The molecule has 1 aliphatic rings. The Balaban J connectivity index is 1.58. The highest BCUT2D eigenvalue weighted by Crippen LogP contribution is 2.32. The second-order valence-corrected chi connectivity index (χ2v) is 6.67. The van der Waals surface area contributed by atoms with Crippen molar-refractivity contribution in [3.8, 4) is 0 Å². The van der Waals surface area contributed by atoms with Crippen LogP contribution in [0.2, 0.25) is 0 Å². The summed E-state index contributed by atoms with van der Waals surface area (Å²) < 4.78 is 38.8. The van der Waals surface area contributed by atoms with Gasteiger partial charge in [-0.3, -0.25) is 4.79 Å². The van der Waals surface area contributed by atoms with Crippen LogP contribution in [0.1, 0.15) is 28.8 Å². The van der Waals surface area contributed by atoms with Crippen molar-refractivity contribution in [2.75, 3.05) is 18.0 Å². The second-order valence-electron chi connectivity index (χ2n) is 6.67. The second kappa shape index (κ2) is 6.68. The molecule has 1 unspecified atom stereocenters. The van der Waals surface area contributed by atoms with E-state index in [-0.39, 0.29) is 17.3 Å². The molecular weight excluding hydrogens is 357 g/mol. The molecule has 0 amide bonds. The van der Waals surface area contributed by atoms with Crippen LogP contribution in [0.3, 0.4) is 0 Å². The van der Waals surface area contributed by atoms with E-state index < -0.39 is 11.7 Å². The fourth-order valence-electron chi connectivity index (χ4n) is 3.58. The number of benzene rings is 1. The van der Waals surface area contributed by atoms with Crippen molar-refractivity contribution in [2.24, 2.45) is 5.92 Å². The van der Waals surface area contributed by atoms with Crippen LogP contribution in [-0.4, -0.2) is 33.8 Å². The Bertz CT molecular complexity index is 982. The number of piperidine rings is 1. The molecule has 1 aliphatic heterocycles. The van der Waals surface area contributed by atoms with Crippen LogP contribution >= 0.6 is 0 Å². The van der Waals surface area contributed by atoms with Crippen molar-refractivity contribution in [1.29, 1.82) is 0 Å². The number of hydrogen-bond donors (Lipinski definition) is 1. The molecule has 3 aromatic rings. The zero-order valence-corrected chi connectivity index (χ0v) is 14.3. The summed E-state index contributed by atoms with van der Waals surface area (Å²) in [5, 5.41) is 0.865. The third kappa shape index (κ3) is 3.39. The number of aromatic nitrogens is 3. The van der Waals surface area contributed by atoms with E-state index in [1.54, 1.807) is 6.20 Å². The summed E-state index contributed by atoms with van der Waals surface area (Å²) >= 11 is 0. The maximum Gasteiger partial charge on any atom is 0.416 e. The largest absolute Gasteiger partial charge is 0.416 e. The van der Waals surface area contributed by atoms with Crippen LogP contribution in [0.15, 0.2) is 42.9 Å². The Labute approximate surface area is 153 Å². The molecule has 0 saturated carbocycles. The number of nitrogens with one attached hydrogen (secondary N) is 1. The molecule has 0 radical (unpaired) electrons. The van der Waals surface area contributed by atoms with Gasteiger partial charge in [0.25, 0.3) is 0 Å². The Morgan fingerprint density at radius 3 is 2.89 bits per heavy atom. The van der Waals surface area contributed by atoms with Gasteiger partial charge in [0.05, 0.1) is 10.9 Å². The van der Waals surface area contributed by atoms with Gasteiger partial charge in [-0.2, -0.15) is 13.2 Å². The molecule has 4 rings (SSSR count). The van der Waals surface area contributed by atoms with Crippen LogP contribution in [0.4, 0.5) is 19.0 Å². The molecule has 3 heterocycles. The van der Waals surface area contributed by atoms with E-state index in [4.69, 9.17) is 0 Å². The number of hydrogen-bond acceptors (Lipinski definition) is 4. The first kappa shape index (κ1) is 17.5. The first-order chi connectivity index (χ1) is 12.9. The number of nitrogens with zero attached hydrogens (tertiary/aromatic N) is 3. The van der Waals surface area contributed by atoms with Crippen molar-refractivity contribution < 1.29 is 18.0 Å². The van der Waals surface area contributed by atoms with E-state index in [2.05, 4.69) is 15.0 Å². The number of rotatable bonds is 3. The number of fused-ring (bicyclic) bond motifs is 1. The Kier molecular flexibility index (Phi) is 4.33. The van der Waals surface area contributed by atoms with Gasteiger partial charge in [0.1, 0.15) is 17.8 Å². The van der Waals surface area contributed by atoms with Gasteiger partial charge in [-0.05, 0) is 31.0 Å². The molecule has 1 aromatic carbocycles. The molecule has 8 heteroatoms. The number of H-pyrrole nitrogens is 1. The van der Waals surface area contributed by atoms with Crippen molar-refractivity contribution >= 4 is 22.6 Å². The highest BCUT2D eigenvalue weighted by molar-refractivity contribution is 5.98. The van der Waals surface area contributed by atoms with E-state index in [0.29, 0.717) is 18.6 Å². The van der Waals surface area contributed by atoms with E-state index in [9.17, 15) is 18.0 Å². The first-order valence-corrected chi connectivity index (χ1v) is 8.68. The molecule has 1 saturated heterocycles. The highest BCUT2D eigenvalue weighted by Gasteiger charge is 2.33. The topological polar surface area (TPSA) is 61.9 Å². The van der Waals surface area contributed by atoms with E-state index >= 15 is 0 Å². The molecule has 5 nitrogen and oxygen atoms in total. The first-order valence-electron chi connectivity index (χ1n) is 8.68. The third-order valence-corrected chi connectivity index (χ3v) is 4.90. The quantitative estimate of drug-likeness (QED) is 0.702. The van der Waals surface area contributed by atoms with Crippen LogP contribution in [-0.2, 0) is 6.18 Å². The monoisotopic (exact) mass is 374 g/mol. The zero-order valence-electron chi connectivity index (χ0n) is 14.3. The fraction of sp³-hybridized carbons (Fsp3) is 0.316. The number of carbonyl (C=O) groups is 1. The van der Waals surface area contributed by atoms with Gasteiger partial charge in [-0.15, -0.1) is 0 Å². The highest BCUT2D eigenvalue weighted by atomic mass is 19.4. The number of Topliss-reactive ketones (excluding diaryl/α,β-unsaturated/α-hetero) is 1. The van der Waals surface area contributed by atoms with E-state index in [1.807, 2.05) is 11.0 Å². The molecule has 0 bridgehead atoms. The van der Waals surface area contributed by atoms with Crippen molar-refractivity contribution in [1.82, 2.24) is 15.0 Å². The fourth-order valence-corrected chi connectivity index (χ4v) is 3.58. The number of carbonyl (C=O) groups excluding carboxylic acids is 1. The van der Waals surface area contributed by atoms with Gasteiger partial charge in [-0.25, -0.2) is 9.97 Å². The summed E-state index contributed by atoms with van der Waals surface area (Å²) in [6.07, 6.45) is 0.193. The third-order valence-electron chi connectivity index (χ3n) is 4.90. The number of alkyl halides is 3. The minimum Gasteiger partial charge on any atom is -0.355 e. The summed E-state index contributed by atoms with van der Waals surface area (Å²) in [6, 6.07) is 6.53. The van der Waals surface area contributed by atoms with Crippen LogP contribution in [0.25, 0.3) is 11.0 Å². The number of aromatic amines is 1. The molecule has 0 aliphatic carbocycles. The van der Waals surface area contributed by atoms with Crippen LogP contribution < -0.4 is 4.90 Å². The summed E-state index contributed by atoms with van der Waals surface area (Å²) in [7, 11) is 0. The SMILES string of the molecule is O=C(c1cccc(C(F)(F)F)c1)C1CCCN(c2ncnc3[nH]ccc23)C1. The molecule has 1 fully saturated rings. The molecule has 140 valence electrons. The number of ketones is 1. The lowest BCUT2D eigenvalue weighted by molar-refractivity contribution is -0.137. The van der Waals surface area contributed by atoms with Crippen molar-refractivity contribution in [2.45, 2.75) is 19.0 Å².